The number of alkyl carbamates (subject to hydrolysis) is 1. The Balaban J connectivity index is 1.96. The van der Waals surface area contributed by atoms with Gasteiger partial charge in [0, 0.05) is 24.8 Å². The Bertz CT molecular complexity index is 805. The molecule has 2 heterocycles. The van der Waals surface area contributed by atoms with Gasteiger partial charge in [0.25, 0.3) is 0 Å². The van der Waals surface area contributed by atoms with E-state index in [4.69, 9.17) is 14.2 Å². The van der Waals surface area contributed by atoms with Crippen LogP contribution in [0.25, 0.3) is 0 Å². The Labute approximate surface area is 196 Å². The second-order valence-corrected chi connectivity index (χ2v) is 9.30. The lowest BCUT2D eigenvalue weighted by Gasteiger charge is -2.24. The van der Waals surface area contributed by atoms with Gasteiger partial charge in [0.15, 0.2) is 0 Å². The summed E-state index contributed by atoms with van der Waals surface area (Å²) in [6.45, 7) is 9.96. The molecule has 1 aliphatic heterocycles. The molecule has 0 saturated carbocycles. The minimum absolute atomic E-state index is 0.00333. The van der Waals surface area contributed by atoms with Gasteiger partial charge in [-0.25, -0.2) is 9.78 Å². The van der Waals surface area contributed by atoms with E-state index in [9.17, 15) is 14.4 Å². The summed E-state index contributed by atoms with van der Waals surface area (Å²) in [7, 11) is 1.55. The molecule has 184 valence electrons. The number of carbonyl (C=O) groups excluding carboxylic acids is 3. The van der Waals surface area contributed by atoms with Crippen molar-refractivity contribution in [1.29, 1.82) is 0 Å². The zero-order valence-electron chi connectivity index (χ0n) is 20.6. The van der Waals surface area contributed by atoms with Crippen LogP contribution in [0.4, 0.5) is 4.79 Å². The molecule has 0 aliphatic carbocycles. The van der Waals surface area contributed by atoms with E-state index < -0.39 is 17.7 Å². The average molecular weight is 464 g/mol. The molecule has 1 N–H and O–H groups in total. The van der Waals surface area contributed by atoms with Crippen molar-refractivity contribution in [2.75, 3.05) is 20.3 Å². The fourth-order valence-corrected chi connectivity index (χ4v) is 3.96. The third-order valence-corrected chi connectivity index (χ3v) is 5.49. The van der Waals surface area contributed by atoms with Crippen molar-refractivity contribution in [3.63, 3.8) is 0 Å². The molecule has 3 atom stereocenters. The second-order valence-electron chi connectivity index (χ2n) is 9.30. The highest BCUT2D eigenvalue weighted by Gasteiger charge is 2.38. The van der Waals surface area contributed by atoms with Gasteiger partial charge in [-0.3, -0.25) is 9.59 Å². The van der Waals surface area contributed by atoms with E-state index in [2.05, 4.69) is 10.3 Å². The Hall–Kier alpha value is -2.84. The average Bonchev–Trinajstić information content (AvgIpc) is 2.99. The molecule has 9 heteroatoms. The van der Waals surface area contributed by atoms with Crippen LogP contribution in [-0.4, -0.2) is 65.8 Å². The molecule has 0 spiro atoms. The number of hydrogen-bond donors (Lipinski definition) is 1. The zero-order valence-corrected chi connectivity index (χ0v) is 20.6. The van der Waals surface area contributed by atoms with Crippen molar-refractivity contribution in [2.45, 2.75) is 83.9 Å². The molecule has 9 nitrogen and oxygen atoms in total. The number of ether oxygens (including phenoxy) is 3. The summed E-state index contributed by atoms with van der Waals surface area (Å²) in [5.41, 5.74) is 0.301. The Morgan fingerprint density at radius 1 is 1.30 bits per heavy atom. The van der Waals surface area contributed by atoms with E-state index in [1.807, 2.05) is 13.0 Å². The maximum atomic E-state index is 12.9. The first-order valence-corrected chi connectivity index (χ1v) is 11.5. The minimum Gasteiger partial charge on any atom is -0.481 e. The molecule has 1 aliphatic rings. The highest BCUT2D eigenvalue weighted by atomic mass is 16.6. The van der Waals surface area contributed by atoms with Gasteiger partial charge in [-0.1, -0.05) is 6.07 Å². The van der Waals surface area contributed by atoms with Crippen molar-refractivity contribution in [1.82, 2.24) is 15.2 Å². The summed E-state index contributed by atoms with van der Waals surface area (Å²) in [4.78, 5) is 43.1. The molecule has 0 bridgehead atoms. The third-order valence-electron chi connectivity index (χ3n) is 5.49. The maximum Gasteiger partial charge on any atom is 0.408 e. The number of amides is 2. The van der Waals surface area contributed by atoms with E-state index in [1.54, 1.807) is 52.0 Å². The van der Waals surface area contributed by atoms with Crippen LogP contribution in [-0.2, 0) is 19.1 Å². The first-order chi connectivity index (χ1) is 15.5. The van der Waals surface area contributed by atoms with Gasteiger partial charge in [0.05, 0.1) is 20.1 Å². The zero-order chi connectivity index (χ0) is 24.6. The lowest BCUT2D eigenvalue weighted by molar-refractivity contribution is -0.143. The summed E-state index contributed by atoms with van der Waals surface area (Å²) in [5.74, 6) is 0.0618. The molecule has 2 rings (SSSR count). The van der Waals surface area contributed by atoms with Gasteiger partial charge < -0.3 is 24.4 Å². The summed E-state index contributed by atoms with van der Waals surface area (Å²) >= 11 is 0. The smallest absolute Gasteiger partial charge is 0.408 e. The number of likely N-dealkylation sites (tertiary alicyclic amines) is 1. The monoisotopic (exact) mass is 463 g/mol. The van der Waals surface area contributed by atoms with E-state index in [1.165, 1.54) is 0 Å². The summed E-state index contributed by atoms with van der Waals surface area (Å²) in [6.07, 6.45) is 3.30. The van der Waals surface area contributed by atoms with Gasteiger partial charge in [0.2, 0.25) is 11.8 Å². The summed E-state index contributed by atoms with van der Waals surface area (Å²) in [6, 6.07) is 3.09. The third kappa shape index (κ3) is 8.22. The number of esters is 1. The van der Waals surface area contributed by atoms with Crippen molar-refractivity contribution in [3.05, 3.63) is 23.9 Å². The van der Waals surface area contributed by atoms with Gasteiger partial charge in [-0.15, -0.1) is 0 Å². The molecule has 1 fully saturated rings. The Kier molecular flexibility index (Phi) is 9.49. The first-order valence-electron chi connectivity index (χ1n) is 11.5. The minimum atomic E-state index is -0.624. The number of nitrogens with one attached hydrogen (secondary N) is 1. The fourth-order valence-electron chi connectivity index (χ4n) is 3.96. The van der Waals surface area contributed by atoms with Crippen LogP contribution in [0.2, 0.25) is 0 Å². The molecular formula is C24H37N3O6. The van der Waals surface area contributed by atoms with Crippen LogP contribution in [0.5, 0.6) is 5.88 Å². The van der Waals surface area contributed by atoms with Gasteiger partial charge >= 0.3 is 12.1 Å². The quantitative estimate of drug-likeness (QED) is 0.530. The number of rotatable bonds is 10. The van der Waals surface area contributed by atoms with Crippen LogP contribution in [0.1, 0.15) is 71.8 Å². The molecule has 0 radical (unpaired) electrons. The van der Waals surface area contributed by atoms with Crippen molar-refractivity contribution >= 4 is 18.0 Å². The maximum absolute atomic E-state index is 12.9. The van der Waals surface area contributed by atoms with E-state index in [-0.39, 0.29) is 30.3 Å². The van der Waals surface area contributed by atoms with Crippen LogP contribution < -0.4 is 10.1 Å². The molecule has 3 unspecified atom stereocenters. The molecule has 1 aromatic heterocycles. The molecule has 33 heavy (non-hydrogen) atoms. The number of aromatic nitrogens is 1. The molecule has 0 aromatic carbocycles. The topological polar surface area (TPSA) is 107 Å². The highest BCUT2D eigenvalue weighted by molar-refractivity contribution is 5.88. The van der Waals surface area contributed by atoms with Crippen LogP contribution >= 0.6 is 0 Å². The first kappa shape index (κ1) is 26.4. The van der Waals surface area contributed by atoms with E-state index in [0.29, 0.717) is 38.3 Å². The number of hydrogen-bond acceptors (Lipinski definition) is 7. The number of pyridine rings is 1. The van der Waals surface area contributed by atoms with Gasteiger partial charge in [-0.2, -0.15) is 0 Å². The van der Waals surface area contributed by atoms with Gasteiger partial charge in [0.1, 0.15) is 11.6 Å². The Morgan fingerprint density at radius 2 is 2.03 bits per heavy atom. The SMILES string of the molecule is CCOC(=O)CC(CCCN1C(=O)C(NC(=O)OC(C)(C)C)CC1C)c1ccc(OC)nc1. The number of nitrogens with zero attached hydrogens (tertiary/aromatic N) is 2. The lowest BCUT2D eigenvalue weighted by Crippen LogP contribution is -2.44. The summed E-state index contributed by atoms with van der Waals surface area (Å²) in [5, 5.41) is 2.69. The predicted molar refractivity (Wildman–Crippen MR) is 123 cm³/mol. The molecule has 1 saturated heterocycles. The lowest BCUT2D eigenvalue weighted by atomic mass is 9.92. The van der Waals surface area contributed by atoms with E-state index in [0.717, 1.165) is 5.56 Å². The van der Waals surface area contributed by atoms with Gasteiger partial charge in [-0.05, 0) is 65.4 Å². The number of carbonyl (C=O) groups is 3. The van der Waals surface area contributed by atoms with Crippen molar-refractivity contribution in [2.24, 2.45) is 0 Å². The normalized spacial score (nSPS) is 19.2. The molecular weight excluding hydrogens is 426 g/mol. The fraction of sp³-hybridized carbons (Fsp3) is 0.667. The summed E-state index contributed by atoms with van der Waals surface area (Å²) < 4.78 is 15.5. The van der Waals surface area contributed by atoms with Crippen molar-refractivity contribution in [3.8, 4) is 5.88 Å². The van der Waals surface area contributed by atoms with E-state index >= 15 is 0 Å². The number of methoxy groups -OCH3 is 1. The molecule has 2 amide bonds. The predicted octanol–water partition coefficient (Wildman–Crippen LogP) is 3.42. The van der Waals surface area contributed by atoms with Crippen LogP contribution in [0.3, 0.4) is 0 Å². The second kappa shape index (κ2) is 11.9. The van der Waals surface area contributed by atoms with Crippen LogP contribution in [0.15, 0.2) is 18.3 Å². The standard InChI is InChI=1S/C24H37N3O6/c1-7-32-21(28)14-17(18-10-11-20(31-6)25-15-18)9-8-12-27-16(2)13-19(22(27)29)26-23(30)33-24(3,4)5/h10-11,15-17,19H,7-9,12-14H2,1-6H3,(H,26,30). The highest BCUT2D eigenvalue weighted by Crippen LogP contribution is 2.28. The molecule has 1 aromatic rings. The van der Waals surface area contributed by atoms with Crippen molar-refractivity contribution < 1.29 is 28.6 Å². The largest absolute Gasteiger partial charge is 0.481 e. The Morgan fingerprint density at radius 3 is 2.61 bits per heavy atom. The van der Waals surface area contributed by atoms with Crippen LogP contribution in [0, 0.1) is 0 Å².